The van der Waals surface area contributed by atoms with Gasteiger partial charge in [-0.25, -0.2) is 0 Å². The summed E-state index contributed by atoms with van der Waals surface area (Å²) in [5.74, 6) is 0. The zero-order valence-corrected chi connectivity index (χ0v) is 13.6. The van der Waals surface area contributed by atoms with Crippen molar-refractivity contribution >= 4 is 43.2 Å². The Hall–Kier alpha value is 0.320. The van der Waals surface area contributed by atoms with Crippen molar-refractivity contribution in [3.63, 3.8) is 0 Å². The van der Waals surface area contributed by atoms with Crippen molar-refractivity contribution in [3.05, 3.63) is 31.9 Å². The smallest absolute Gasteiger partial charge is 0.0843 e. The van der Waals surface area contributed by atoms with Crippen molar-refractivity contribution in [1.82, 2.24) is 10.2 Å². The number of rotatable bonds is 4. The van der Waals surface area contributed by atoms with E-state index in [4.69, 9.17) is 0 Å². The molecule has 0 radical (unpaired) electrons. The van der Waals surface area contributed by atoms with E-state index in [1.807, 2.05) is 17.4 Å². The fourth-order valence-electron chi connectivity index (χ4n) is 2.12. The van der Waals surface area contributed by atoms with Gasteiger partial charge in [0.15, 0.2) is 0 Å². The summed E-state index contributed by atoms with van der Waals surface area (Å²) in [6, 6.07) is 2.70. The Balaban J connectivity index is 2.17. The molecule has 1 atom stereocenters. The zero-order valence-electron chi connectivity index (χ0n) is 9.59. The predicted molar refractivity (Wildman–Crippen MR) is 81.7 cm³/mol. The van der Waals surface area contributed by atoms with Gasteiger partial charge >= 0.3 is 0 Å². The molecule has 1 fully saturated rings. The lowest BCUT2D eigenvalue weighted by Gasteiger charge is -2.34. The second-order valence-corrected chi connectivity index (χ2v) is 7.35. The molecule has 0 unspecified atom stereocenters. The number of piperazine rings is 1. The van der Waals surface area contributed by atoms with Gasteiger partial charge < -0.3 is 5.32 Å². The quantitative estimate of drug-likeness (QED) is 0.800. The van der Waals surface area contributed by atoms with Crippen molar-refractivity contribution in [3.8, 4) is 0 Å². The number of nitrogens with zero attached hydrogens (tertiary/aromatic N) is 1. The lowest BCUT2D eigenvalue weighted by atomic mass is 10.1. The predicted octanol–water partition coefficient (Wildman–Crippen LogP) is 3.80. The van der Waals surface area contributed by atoms with E-state index in [0.29, 0.717) is 6.04 Å². The molecule has 0 spiro atoms. The zero-order chi connectivity index (χ0) is 12.3. The minimum Gasteiger partial charge on any atom is -0.314 e. The van der Waals surface area contributed by atoms with Crippen LogP contribution in [0.4, 0.5) is 0 Å². The number of nitrogens with one attached hydrogen (secondary N) is 1. The molecule has 0 bridgehead atoms. The average molecular weight is 380 g/mol. The summed E-state index contributed by atoms with van der Waals surface area (Å²) < 4.78 is 2.33. The average Bonchev–Trinajstić information content (AvgIpc) is 2.67. The van der Waals surface area contributed by atoms with Gasteiger partial charge in [-0.2, -0.15) is 0 Å². The molecule has 2 heterocycles. The van der Waals surface area contributed by atoms with Crippen LogP contribution < -0.4 is 5.32 Å². The summed E-state index contributed by atoms with van der Waals surface area (Å²) in [5, 5.41) is 3.40. The number of thiophene rings is 1. The summed E-state index contributed by atoms with van der Waals surface area (Å²) in [6.07, 6.45) is 3.04. The lowest BCUT2D eigenvalue weighted by molar-refractivity contribution is 0.177. The molecule has 1 aliphatic heterocycles. The highest BCUT2D eigenvalue weighted by Crippen LogP contribution is 2.38. The minimum absolute atomic E-state index is 0.474. The van der Waals surface area contributed by atoms with Crippen molar-refractivity contribution < 1.29 is 0 Å². The first-order chi connectivity index (χ1) is 8.22. The highest BCUT2D eigenvalue weighted by molar-refractivity contribution is 9.13. The molecule has 1 N–H and O–H groups in total. The molecule has 1 aromatic rings. The van der Waals surface area contributed by atoms with Gasteiger partial charge in [-0.1, -0.05) is 6.08 Å². The van der Waals surface area contributed by atoms with Crippen LogP contribution >= 0.6 is 43.2 Å². The maximum absolute atomic E-state index is 3.89. The van der Waals surface area contributed by atoms with Crippen LogP contribution in [0.15, 0.2) is 27.0 Å². The fourth-order valence-corrected chi connectivity index (χ4v) is 4.36. The van der Waals surface area contributed by atoms with Gasteiger partial charge in [0.05, 0.1) is 3.79 Å². The molecule has 17 heavy (non-hydrogen) atoms. The summed E-state index contributed by atoms with van der Waals surface area (Å²) in [5.41, 5.74) is 0. The van der Waals surface area contributed by atoms with Crippen LogP contribution in [-0.2, 0) is 0 Å². The summed E-state index contributed by atoms with van der Waals surface area (Å²) in [7, 11) is 0. The van der Waals surface area contributed by atoms with E-state index >= 15 is 0 Å². The van der Waals surface area contributed by atoms with Gasteiger partial charge in [-0.05, 0) is 44.3 Å². The second-order valence-electron chi connectivity index (χ2n) is 4.10. The van der Waals surface area contributed by atoms with Crippen LogP contribution in [-0.4, -0.2) is 31.1 Å². The molecule has 94 valence electrons. The number of hydrogen-bond acceptors (Lipinski definition) is 3. The van der Waals surface area contributed by atoms with Crippen LogP contribution in [0.1, 0.15) is 17.3 Å². The van der Waals surface area contributed by atoms with Gasteiger partial charge in [0.1, 0.15) is 0 Å². The number of halogens is 2. The number of hydrogen-bond donors (Lipinski definition) is 1. The third kappa shape index (κ3) is 3.41. The normalized spacial score (nSPS) is 19.2. The topological polar surface area (TPSA) is 15.3 Å². The standard InChI is InChI=1S/C12H16Br2N2S/c1-2-3-10(16-6-4-15-5-7-16)11-8-9(13)12(14)17-11/h2,8,10,15H,1,3-7H2/t10-/m0/s1. The molecule has 0 amide bonds. The third-order valence-electron chi connectivity index (χ3n) is 2.97. The molecule has 0 saturated carbocycles. The van der Waals surface area contributed by atoms with Crippen molar-refractivity contribution in [2.75, 3.05) is 26.2 Å². The molecule has 2 rings (SSSR count). The van der Waals surface area contributed by atoms with Crippen LogP contribution in [0.3, 0.4) is 0 Å². The van der Waals surface area contributed by atoms with Crippen molar-refractivity contribution in [2.45, 2.75) is 12.5 Å². The molecule has 1 aliphatic rings. The van der Waals surface area contributed by atoms with Crippen LogP contribution in [0.25, 0.3) is 0 Å². The van der Waals surface area contributed by atoms with Crippen molar-refractivity contribution in [1.29, 1.82) is 0 Å². The maximum atomic E-state index is 3.89. The van der Waals surface area contributed by atoms with E-state index in [9.17, 15) is 0 Å². The van der Waals surface area contributed by atoms with Gasteiger partial charge in [0.25, 0.3) is 0 Å². The summed E-state index contributed by atoms with van der Waals surface area (Å²) in [4.78, 5) is 3.95. The molecule has 2 nitrogen and oxygen atoms in total. The van der Waals surface area contributed by atoms with E-state index in [1.54, 1.807) is 0 Å². The molecule has 5 heteroatoms. The molecular weight excluding hydrogens is 364 g/mol. The Bertz CT molecular complexity index is 366. The molecular formula is C12H16Br2N2S. The Morgan fingerprint density at radius 2 is 2.18 bits per heavy atom. The minimum atomic E-state index is 0.474. The Morgan fingerprint density at radius 3 is 2.71 bits per heavy atom. The van der Waals surface area contributed by atoms with E-state index in [2.05, 4.69) is 54.7 Å². The van der Waals surface area contributed by atoms with E-state index < -0.39 is 0 Å². The van der Waals surface area contributed by atoms with Gasteiger partial charge in [-0.3, -0.25) is 4.90 Å². The summed E-state index contributed by atoms with van der Waals surface area (Å²) in [6.45, 7) is 8.29. The molecule has 1 aromatic heterocycles. The first kappa shape index (κ1) is 13.7. The van der Waals surface area contributed by atoms with Gasteiger partial charge in [-0.15, -0.1) is 17.9 Å². The Labute approximate surface area is 123 Å². The molecule has 1 saturated heterocycles. The molecule has 0 aromatic carbocycles. The van der Waals surface area contributed by atoms with Crippen LogP contribution in [0, 0.1) is 0 Å². The Morgan fingerprint density at radius 1 is 1.47 bits per heavy atom. The molecule has 0 aliphatic carbocycles. The van der Waals surface area contributed by atoms with Gasteiger partial charge in [0, 0.05) is 41.6 Å². The third-order valence-corrected chi connectivity index (χ3v) is 6.33. The first-order valence-corrected chi connectivity index (χ1v) is 8.13. The Kier molecular flexibility index (Phi) is 5.24. The monoisotopic (exact) mass is 378 g/mol. The second kappa shape index (κ2) is 6.48. The maximum Gasteiger partial charge on any atom is 0.0843 e. The fraction of sp³-hybridized carbons (Fsp3) is 0.500. The first-order valence-electron chi connectivity index (χ1n) is 5.72. The van der Waals surface area contributed by atoms with Crippen LogP contribution in [0.5, 0.6) is 0 Å². The summed E-state index contributed by atoms with van der Waals surface area (Å²) >= 11 is 8.96. The lowest BCUT2D eigenvalue weighted by Crippen LogP contribution is -2.44. The van der Waals surface area contributed by atoms with Gasteiger partial charge in [0.2, 0.25) is 0 Å². The van der Waals surface area contributed by atoms with E-state index in [1.165, 1.54) is 8.66 Å². The van der Waals surface area contributed by atoms with Crippen molar-refractivity contribution in [2.24, 2.45) is 0 Å². The highest BCUT2D eigenvalue weighted by Gasteiger charge is 2.23. The van der Waals surface area contributed by atoms with E-state index in [-0.39, 0.29) is 0 Å². The highest BCUT2D eigenvalue weighted by atomic mass is 79.9. The van der Waals surface area contributed by atoms with Crippen LogP contribution in [0.2, 0.25) is 0 Å². The van der Waals surface area contributed by atoms with E-state index in [0.717, 1.165) is 37.1 Å². The largest absolute Gasteiger partial charge is 0.314 e. The SMILES string of the molecule is C=CC[C@@H](c1cc(Br)c(Br)s1)N1CCNCC1.